The summed E-state index contributed by atoms with van der Waals surface area (Å²) in [4.78, 5) is 57.0. The van der Waals surface area contributed by atoms with Gasteiger partial charge in [0, 0.05) is 0 Å². The van der Waals surface area contributed by atoms with E-state index in [1.54, 1.807) is 62.4 Å². The molecule has 8 aromatic rings. The molecule has 20 heteroatoms. The number of unbranched alkanes of at least 4 members (excludes halogenated alkanes) is 6. The second-order valence-corrected chi connectivity index (χ2v) is 24.2. The fraction of sp³-hybridized carbons (Fsp3) is 0.404. The Balaban J connectivity index is 0.000000625. The van der Waals surface area contributed by atoms with E-state index in [4.69, 9.17) is 63.1 Å². The van der Waals surface area contributed by atoms with Crippen molar-refractivity contribution in [1.29, 1.82) is 0 Å². The number of para-hydroxylation sites is 4. The molecule has 0 aliphatic heterocycles. The smallest absolute Gasteiger partial charge is 0.338 e. The van der Waals surface area contributed by atoms with Gasteiger partial charge in [0.25, 0.3) is 0 Å². The lowest BCUT2D eigenvalue weighted by Crippen LogP contribution is -2.22. The lowest BCUT2D eigenvalue weighted by Gasteiger charge is -2.15. The molecule has 0 spiro atoms. The van der Waals surface area contributed by atoms with Gasteiger partial charge in [-0.2, -0.15) is 0 Å². The lowest BCUT2D eigenvalue weighted by atomic mass is 10.0. The maximum atomic E-state index is 11.7. The summed E-state index contributed by atoms with van der Waals surface area (Å²) in [6.07, 6.45) is 11.5. The molecule has 0 amide bonds. The molecule has 0 aliphatic rings. The topological polar surface area (TPSA) is 268 Å². The molecule has 0 heterocycles. The van der Waals surface area contributed by atoms with Crippen LogP contribution >= 0.6 is 0 Å². The zero-order valence-corrected chi connectivity index (χ0v) is 65.4. The van der Waals surface area contributed by atoms with Crippen LogP contribution in [0.4, 0.5) is 0 Å². The number of methoxy groups -OCH3 is 2. The molecule has 4 atom stereocenters. The van der Waals surface area contributed by atoms with E-state index in [9.17, 15) is 24.0 Å². The first-order valence-electron chi connectivity index (χ1n) is 37.4. The predicted molar refractivity (Wildman–Crippen MR) is 428 cm³/mol. The van der Waals surface area contributed by atoms with Gasteiger partial charge >= 0.3 is 29.8 Å². The Bertz CT molecular complexity index is 3390. The van der Waals surface area contributed by atoms with Crippen LogP contribution in [0.5, 0.6) is 23.0 Å². The number of carbonyl (C=O) groups excluding carboxylic acids is 5. The van der Waals surface area contributed by atoms with E-state index >= 15 is 0 Å². The molecule has 8 aromatic carbocycles. The summed E-state index contributed by atoms with van der Waals surface area (Å²) in [5.74, 6) is 2.04. The van der Waals surface area contributed by atoms with Crippen LogP contribution < -0.4 is 18.9 Å². The molecule has 0 saturated carbocycles. The van der Waals surface area contributed by atoms with Crippen molar-refractivity contribution in [3.63, 3.8) is 0 Å². The van der Waals surface area contributed by atoms with Crippen molar-refractivity contribution in [2.75, 3.05) is 93.5 Å². The first-order valence-corrected chi connectivity index (χ1v) is 37.4. The minimum Gasteiger partial charge on any atom is -0.491 e. The summed E-state index contributed by atoms with van der Waals surface area (Å²) in [7, 11) is 2.52. The maximum Gasteiger partial charge on any atom is 0.338 e. The van der Waals surface area contributed by atoms with Crippen molar-refractivity contribution in [3.05, 3.63) is 264 Å². The van der Waals surface area contributed by atoms with Crippen LogP contribution in [0.2, 0.25) is 0 Å². The van der Waals surface area contributed by atoms with Crippen LogP contribution in [0.1, 0.15) is 171 Å². The van der Waals surface area contributed by atoms with Crippen molar-refractivity contribution >= 4 is 29.8 Å². The molecular weight excluding hydrogens is 1390 g/mol. The first kappa shape index (κ1) is 97.1. The van der Waals surface area contributed by atoms with E-state index in [1.165, 1.54) is 52.0 Å². The fourth-order valence-corrected chi connectivity index (χ4v) is 8.73. The van der Waals surface area contributed by atoms with Gasteiger partial charge in [-0.05, 0) is 143 Å². The molecular formula is C89H120O20. The average molecular weight is 1510 g/mol. The van der Waals surface area contributed by atoms with Crippen molar-refractivity contribution in [2.45, 2.75) is 137 Å². The van der Waals surface area contributed by atoms with Gasteiger partial charge in [-0.1, -0.05) is 219 Å². The van der Waals surface area contributed by atoms with Crippen LogP contribution in [0.15, 0.2) is 237 Å². The third-order valence-corrected chi connectivity index (χ3v) is 14.6. The molecule has 0 aromatic heterocycles. The molecule has 8 rings (SSSR count). The van der Waals surface area contributed by atoms with Crippen LogP contribution in [0, 0.1) is 5.92 Å². The lowest BCUT2D eigenvalue weighted by molar-refractivity contribution is -0.0132. The van der Waals surface area contributed by atoms with E-state index in [2.05, 4.69) is 37.2 Å². The van der Waals surface area contributed by atoms with Crippen molar-refractivity contribution in [1.82, 2.24) is 0 Å². The summed E-state index contributed by atoms with van der Waals surface area (Å²) in [6.45, 7) is 18.6. The molecule has 0 bridgehead atoms. The minimum atomic E-state index is -0.550. The Labute approximate surface area is 647 Å². The Morgan fingerprint density at radius 2 is 0.670 bits per heavy atom. The molecule has 0 aliphatic carbocycles. The predicted octanol–water partition coefficient (Wildman–Crippen LogP) is 17.2. The zero-order valence-electron chi connectivity index (χ0n) is 65.4. The van der Waals surface area contributed by atoms with Gasteiger partial charge in [-0.3, -0.25) is 0 Å². The highest BCUT2D eigenvalue weighted by Gasteiger charge is 2.17. The van der Waals surface area contributed by atoms with Gasteiger partial charge in [0.2, 0.25) is 0 Å². The normalized spacial score (nSPS) is 11.0. The van der Waals surface area contributed by atoms with E-state index in [0.717, 1.165) is 67.9 Å². The SMILES string of the molecule is CC(O)COC(C)COc1ccccc1.CC(O)COc1ccccc1.CCCCC(CC)COC(=O)c1ccccc1.CCCCCCOC(=O)c1ccccc1.CCCCCOC(=O)c1ccccc1.COC(=O)c1ccccc1C(=O)OC.OCCOCCOc1ccccc1.OCCOc1ccccc1. The molecule has 0 fully saturated rings. The van der Waals surface area contributed by atoms with Crippen LogP contribution in [-0.4, -0.2) is 162 Å². The standard InChI is InChI=1S/C15H22O2.C13H18O2.C12H18O3.C12H16O2.C10H10O4.C10H14O3.C9H12O2.C8H10O2/c1-3-5-9-13(4-2)12-17-15(16)14-10-7-6-8-11-14;1-2-3-4-8-11-15-13(14)12-9-6-5-7-10-12;1-10(13)8-14-11(2)9-15-12-6-4-3-5-7-12;1-2-3-7-10-14-12(13)11-8-5-4-6-9-11;1-13-9(11)7-5-3-4-6-8(7)10(12)14-2;11-6-7-12-8-9-13-10-4-2-1-3-5-10;1-8(10)7-11-9-5-3-2-4-6-9;9-6-7-10-8-4-2-1-3-5-8/h6-8,10-11,13H,3-5,9,12H2,1-2H3;5-7,9-10H,2-4,8,11H2,1H3;3-7,10-11,13H,8-9H2,1-2H3;4-6,8-9H,2-3,7,10H2,1H3;3-6H,1-2H3;1-5,11H,6-9H2;2-6,8,10H,7H2,1H3;1-5,9H,6-7H2. The molecule has 0 saturated heterocycles. The largest absolute Gasteiger partial charge is 0.491 e. The number of aliphatic hydroxyl groups excluding tert-OH is 4. The summed E-state index contributed by atoms with van der Waals surface area (Å²) in [5.41, 5.74) is 2.32. The second-order valence-electron chi connectivity index (χ2n) is 24.2. The average Bonchev–Trinajstić information content (AvgIpc) is 0.841. The van der Waals surface area contributed by atoms with Gasteiger partial charge in [-0.25, -0.2) is 24.0 Å². The Hall–Kier alpha value is -9.93. The van der Waals surface area contributed by atoms with E-state index in [-0.39, 0.29) is 48.4 Å². The first-order chi connectivity index (χ1) is 53.0. The number of carbonyl (C=O) groups is 5. The zero-order chi connectivity index (χ0) is 80.0. The van der Waals surface area contributed by atoms with Crippen molar-refractivity contribution in [2.24, 2.45) is 5.92 Å². The van der Waals surface area contributed by atoms with Crippen LogP contribution in [0.3, 0.4) is 0 Å². The quantitative estimate of drug-likeness (QED) is 0.0159. The number of aliphatic hydroxyl groups is 4. The Morgan fingerprint density at radius 1 is 0.330 bits per heavy atom. The van der Waals surface area contributed by atoms with Crippen molar-refractivity contribution < 1.29 is 96.5 Å². The summed E-state index contributed by atoms with van der Waals surface area (Å²) in [6, 6.07) is 71.8. The molecule has 596 valence electrons. The highest BCUT2D eigenvalue weighted by Crippen LogP contribution is 2.16. The number of benzene rings is 8. The van der Waals surface area contributed by atoms with Crippen LogP contribution in [0.25, 0.3) is 0 Å². The third-order valence-electron chi connectivity index (χ3n) is 14.6. The monoisotopic (exact) mass is 1510 g/mol. The number of hydrogen-bond acceptors (Lipinski definition) is 20. The Morgan fingerprint density at radius 3 is 1.04 bits per heavy atom. The minimum absolute atomic E-state index is 0.0141. The number of hydrogen-bond donors (Lipinski definition) is 4. The summed E-state index contributed by atoms with van der Waals surface area (Å²) < 4.78 is 56.2. The molecule has 109 heavy (non-hydrogen) atoms. The molecule has 4 N–H and O–H groups in total. The van der Waals surface area contributed by atoms with Gasteiger partial charge in [0.15, 0.2) is 0 Å². The van der Waals surface area contributed by atoms with Gasteiger partial charge in [-0.15, -0.1) is 0 Å². The number of rotatable bonds is 38. The summed E-state index contributed by atoms with van der Waals surface area (Å²) in [5, 5.41) is 34.7. The van der Waals surface area contributed by atoms with Gasteiger partial charge in [0.1, 0.15) is 49.4 Å². The highest BCUT2D eigenvalue weighted by molar-refractivity contribution is 6.03. The second kappa shape index (κ2) is 67.4. The maximum absolute atomic E-state index is 11.7. The summed E-state index contributed by atoms with van der Waals surface area (Å²) >= 11 is 0. The number of esters is 5. The van der Waals surface area contributed by atoms with E-state index in [0.29, 0.717) is 88.7 Å². The molecule has 0 radical (unpaired) electrons. The van der Waals surface area contributed by atoms with Crippen LogP contribution in [-0.2, 0) is 33.2 Å². The molecule has 20 nitrogen and oxygen atoms in total. The van der Waals surface area contributed by atoms with Gasteiger partial charge < -0.3 is 72.5 Å². The Kier molecular flexibility index (Phi) is 60.1. The molecule has 4 unspecified atom stereocenters. The highest BCUT2D eigenvalue weighted by atomic mass is 16.6. The van der Waals surface area contributed by atoms with E-state index in [1.807, 2.05) is 183 Å². The third kappa shape index (κ3) is 52.7. The number of ether oxygens (including phenoxy) is 11. The van der Waals surface area contributed by atoms with Crippen molar-refractivity contribution in [3.8, 4) is 23.0 Å². The van der Waals surface area contributed by atoms with E-state index < -0.39 is 24.1 Å². The fourth-order valence-electron chi connectivity index (χ4n) is 8.73. The van der Waals surface area contributed by atoms with Gasteiger partial charge in [0.05, 0.1) is 113 Å².